The smallest absolute Gasteiger partial charge is 0.363 e. The van der Waals surface area contributed by atoms with Crippen LogP contribution in [0.4, 0.5) is 0 Å². The molecule has 1 N–H and O–H groups in total. The monoisotopic (exact) mass is 371 g/mol. The Bertz CT molecular complexity index is 1100. The molecular weight excluding hydrogens is 354 g/mol. The summed E-state index contributed by atoms with van der Waals surface area (Å²) in [4.78, 5) is 27.2. The van der Waals surface area contributed by atoms with Crippen LogP contribution in [0.5, 0.6) is 0 Å². The third-order valence-electron chi connectivity index (χ3n) is 4.57. The fourth-order valence-electron chi connectivity index (χ4n) is 3.17. The number of aliphatic carboxylic acids is 1. The van der Waals surface area contributed by atoms with Gasteiger partial charge in [0, 0.05) is 18.1 Å². The number of hydrogen-bond donors (Lipinski definition) is 1. The number of cyclic esters (lactones) is 1. The minimum Gasteiger partial charge on any atom is -0.478 e. The maximum atomic E-state index is 12.2. The topological polar surface area (TPSA) is 76.0 Å². The number of esters is 1. The Morgan fingerprint density at radius 3 is 2.64 bits per heavy atom. The highest BCUT2D eigenvalue weighted by molar-refractivity contribution is 6.15. The molecule has 0 bridgehead atoms. The van der Waals surface area contributed by atoms with Crippen LogP contribution in [0, 0.1) is 6.92 Å². The van der Waals surface area contributed by atoms with Crippen LogP contribution in [0.15, 0.2) is 64.8 Å². The Hall–Kier alpha value is -3.73. The van der Waals surface area contributed by atoms with E-state index in [-0.39, 0.29) is 5.70 Å². The van der Waals surface area contributed by atoms with Gasteiger partial charge in [-0.2, -0.15) is 0 Å². The molecule has 2 aromatic rings. The van der Waals surface area contributed by atoms with Gasteiger partial charge in [-0.15, -0.1) is 0 Å². The molecule has 138 valence electrons. The highest BCUT2D eigenvalue weighted by Crippen LogP contribution is 2.29. The molecule has 0 amide bonds. The normalized spacial score (nSPS) is 16.9. The second kappa shape index (κ2) is 7.12. The lowest BCUT2D eigenvalue weighted by Gasteiger charge is -2.00. The number of ether oxygens (including phenoxy) is 1. The number of nitrogens with zero attached hydrogens (tertiary/aromatic N) is 1. The molecule has 0 saturated heterocycles. The molecule has 1 heterocycles. The number of hydrogen-bond acceptors (Lipinski definition) is 4. The van der Waals surface area contributed by atoms with Gasteiger partial charge in [-0.1, -0.05) is 48.0 Å². The van der Waals surface area contributed by atoms with Crippen LogP contribution in [0.1, 0.15) is 27.8 Å². The zero-order chi connectivity index (χ0) is 19.7. The summed E-state index contributed by atoms with van der Waals surface area (Å²) in [6.07, 6.45) is 6.95. The number of fused-ring (bicyclic) bond motifs is 1. The first kappa shape index (κ1) is 17.7. The number of aliphatic imine (C=N–C) groups is 1. The van der Waals surface area contributed by atoms with Crippen molar-refractivity contribution in [2.24, 2.45) is 4.99 Å². The van der Waals surface area contributed by atoms with Crippen LogP contribution < -0.4 is 0 Å². The fourth-order valence-corrected chi connectivity index (χ4v) is 3.17. The van der Waals surface area contributed by atoms with Gasteiger partial charge in [-0.25, -0.2) is 14.6 Å². The molecule has 4 rings (SSSR count). The largest absolute Gasteiger partial charge is 0.478 e. The van der Waals surface area contributed by atoms with Crippen LogP contribution in [0.3, 0.4) is 0 Å². The molecule has 1 aliphatic carbocycles. The molecule has 0 aromatic heterocycles. The van der Waals surface area contributed by atoms with Crippen molar-refractivity contribution in [3.63, 3.8) is 0 Å². The molecule has 0 radical (unpaired) electrons. The first-order chi connectivity index (χ1) is 13.5. The molecule has 1 aliphatic heterocycles. The lowest BCUT2D eigenvalue weighted by molar-refractivity contribution is -0.131. The first-order valence-electron chi connectivity index (χ1n) is 8.82. The Balaban J connectivity index is 1.55. The Labute approximate surface area is 162 Å². The van der Waals surface area contributed by atoms with Gasteiger partial charge in [0.2, 0.25) is 5.90 Å². The Morgan fingerprint density at radius 1 is 1.14 bits per heavy atom. The van der Waals surface area contributed by atoms with Gasteiger partial charge >= 0.3 is 11.9 Å². The van der Waals surface area contributed by atoms with Gasteiger partial charge in [-0.05, 0) is 47.4 Å². The zero-order valence-corrected chi connectivity index (χ0v) is 15.2. The predicted molar refractivity (Wildman–Crippen MR) is 107 cm³/mol. The van der Waals surface area contributed by atoms with E-state index in [4.69, 9.17) is 9.84 Å². The second-order valence-electron chi connectivity index (χ2n) is 6.72. The van der Waals surface area contributed by atoms with E-state index in [0.717, 1.165) is 28.3 Å². The molecular formula is C23H17NO4. The van der Waals surface area contributed by atoms with Crippen molar-refractivity contribution in [1.82, 2.24) is 0 Å². The molecule has 0 atom stereocenters. The summed E-state index contributed by atoms with van der Waals surface area (Å²) in [5.41, 5.74) is 6.20. The highest BCUT2D eigenvalue weighted by atomic mass is 16.6. The van der Waals surface area contributed by atoms with Crippen molar-refractivity contribution in [3.8, 4) is 0 Å². The van der Waals surface area contributed by atoms with Crippen LogP contribution in [-0.4, -0.2) is 22.9 Å². The summed E-state index contributed by atoms with van der Waals surface area (Å²) in [6.45, 7) is 2.04. The van der Waals surface area contributed by atoms with Crippen LogP contribution in [0.2, 0.25) is 0 Å². The third-order valence-corrected chi connectivity index (χ3v) is 4.57. The molecule has 2 aliphatic rings. The van der Waals surface area contributed by atoms with Gasteiger partial charge < -0.3 is 9.84 Å². The second-order valence-corrected chi connectivity index (χ2v) is 6.72. The van der Waals surface area contributed by atoms with Crippen molar-refractivity contribution in [2.45, 2.75) is 13.3 Å². The van der Waals surface area contributed by atoms with Crippen molar-refractivity contribution in [3.05, 3.63) is 87.6 Å². The van der Waals surface area contributed by atoms with Crippen molar-refractivity contribution >= 4 is 36.1 Å². The summed E-state index contributed by atoms with van der Waals surface area (Å²) < 4.78 is 5.38. The van der Waals surface area contributed by atoms with Gasteiger partial charge in [0.1, 0.15) is 0 Å². The van der Waals surface area contributed by atoms with E-state index in [1.54, 1.807) is 30.3 Å². The van der Waals surface area contributed by atoms with Gasteiger partial charge in [0.25, 0.3) is 0 Å². The predicted octanol–water partition coefficient (Wildman–Crippen LogP) is 4.03. The van der Waals surface area contributed by atoms with Crippen molar-refractivity contribution in [1.29, 1.82) is 0 Å². The average Bonchev–Trinajstić information content (AvgIpc) is 3.24. The maximum absolute atomic E-state index is 12.2. The standard InChI is InChI=1S/C23H17NO4/c1-14-2-8-17-12-19(13-18(17)10-14)22-24-20(23(27)28-22)11-16-5-3-15(4-6-16)7-9-21(25)26/h2-11,13H,12H2,1H3,(H,25,26)/b9-7+,20-11+. The minimum absolute atomic E-state index is 0.247. The lowest BCUT2D eigenvalue weighted by Crippen LogP contribution is -2.06. The van der Waals surface area contributed by atoms with Gasteiger partial charge in [0.15, 0.2) is 5.70 Å². The first-order valence-corrected chi connectivity index (χ1v) is 8.82. The van der Waals surface area contributed by atoms with Crippen molar-refractivity contribution < 1.29 is 19.4 Å². The number of rotatable bonds is 4. The number of benzene rings is 2. The molecule has 5 heteroatoms. The number of aryl methyl sites for hydroxylation is 1. The molecule has 0 fully saturated rings. The van der Waals surface area contributed by atoms with Gasteiger partial charge in [-0.3, -0.25) is 0 Å². The van der Waals surface area contributed by atoms with E-state index < -0.39 is 11.9 Å². The SMILES string of the molecule is Cc1ccc2c(c1)C=C(C1=N/C(=C/c3ccc(/C=C/C(=O)O)cc3)C(=O)O1)C2. The van der Waals surface area contributed by atoms with E-state index in [2.05, 4.69) is 23.2 Å². The van der Waals surface area contributed by atoms with Crippen LogP contribution in [-0.2, 0) is 20.7 Å². The van der Waals surface area contributed by atoms with Gasteiger partial charge in [0.05, 0.1) is 0 Å². The maximum Gasteiger partial charge on any atom is 0.363 e. The van der Waals surface area contributed by atoms with Crippen LogP contribution in [0.25, 0.3) is 18.2 Å². The summed E-state index contributed by atoms with van der Waals surface area (Å²) in [6, 6.07) is 13.4. The molecule has 0 spiro atoms. The van der Waals surface area contributed by atoms with E-state index in [1.807, 2.05) is 13.0 Å². The van der Waals surface area contributed by atoms with E-state index in [1.165, 1.54) is 17.2 Å². The van der Waals surface area contributed by atoms with Crippen LogP contribution >= 0.6 is 0 Å². The summed E-state index contributed by atoms with van der Waals surface area (Å²) in [5.74, 6) is -1.12. The number of carboxylic acid groups (broad SMARTS) is 1. The zero-order valence-electron chi connectivity index (χ0n) is 15.2. The quantitative estimate of drug-likeness (QED) is 0.650. The molecule has 2 aromatic carbocycles. The highest BCUT2D eigenvalue weighted by Gasteiger charge is 2.28. The molecule has 28 heavy (non-hydrogen) atoms. The number of carbonyl (C=O) groups is 2. The summed E-state index contributed by atoms with van der Waals surface area (Å²) in [5, 5.41) is 8.67. The molecule has 0 unspecified atom stereocenters. The fraction of sp³-hybridized carbons (Fsp3) is 0.0870. The summed E-state index contributed by atoms with van der Waals surface area (Å²) in [7, 11) is 0. The van der Waals surface area contributed by atoms with Crippen molar-refractivity contribution in [2.75, 3.05) is 0 Å². The van der Waals surface area contributed by atoms with E-state index in [9.17, 15) is 9.59 Å². The summed E-state index contributed by atoms with van der Waals surface area (Å²) >= 11 is 0. The third kappa shape index (κ3) is 3.69. The Morgan fingerprint density at radius 2 is 1.89 bits per heavy atom. The van der Waals surface area contributed by atoms with E-state index in [0.29, 0.717) is 12.3 Å². The number of carbonyl (C=O) groups excluding carboxylic acids is 1. The lowest BCUT2D eigenvalue weighted by atomic mass is 10.1. The average molecular weight is 371 g/mol. The molecule has 5 nitrogen and oxygen atoms in total. The number of carboxylic acids is 1. The Kier molecular flexibility index (Phi) is 4.49. The minimum atomic E-state index is -1.000. The molecule has 0 saturated carbocycles. The van der Waals surface area contributed by atoms with E-state index >= 15 is 0 Å².